The van der Waals surface area contributed by atoms with Gasteiger partial charge in [0.2, 0.25) is 0 Å². The van der Waals surface area contributed by atoms with Crippen LogP contribution in [0.2, 0.25) is 0 Å². The number of methoxy groups -OCH3 is 1. The van der Waals surface area contributed by atoms with E-state index < -0.39 is 0 Å². The summed E-state index contributed by atoms with van der Waals surface area (Å²) in [6, 6.07) is 9.54. The second kappa shape index (κ2) is 6.48. The van der Waals surface area contributed by atoms with Crippen molar-refractivity contribution in [2.45, 2.75) is 12.6 Å². The van der Waals surface area contributed by atoms with E-state index in [9.17, 15) is 4.79 Å². The van der Waals surface area contributed by atoms with E-state index in [1.807, 2.05) is 30.3 Å². The molecule has 1 aromatic rings. The lowest BCUT2D eigenvalue weighted by molar-refractivity contribution is -0.142. The Bertz CT molecular complexity index is 303. The van der Waals surface area contributed by atoms with Gasteiger partial charge in [0, 0.05) is 12.3 Å². The zero-order valence-electron chi connectivity index (χ0n) is 8.64. The van der Waals surface area contributed by atoms with Gasteiger partial charge in [-0.25, -0.2) is 0 Å². The van der Waals surface area contributed by atoms with Crippen molar-refractivity contribution in [2.75, 3.05) is 12.9 Å². The SMILES string of the molecule is COC(=O)[C@@H](CS)NCc1ccccc1. The summed E-state index contributed by atoms with van der Waals surface area (Å²) < 4.78 is 4.64. The molecule has 0 bridgehead atoms. The van der Waals surface area contributed by atoms with Crippen LogP contribution in [-0.2, 0) is 16.1 Å². The van der Waals surface area contributed by atoms with Crippen LogP contribution in [0.4, 0.5) is 0 Å². The van der Waals surface area contributed by atoms with Crippen molar-refractivity contribution in [1.29, 1.82) is 0 Å². The second-order valence-electron chi connectivity index (χ2n) is 3.12. The van der Waals surface area contributed by atoms with Crippen LogP contribution >= 0.6 is 12.6 Å². The highest BCUT2D eigenvalue weighted by Crippen LogP contribution is 1.99. The fourth-order valence-electron chi connectivity index (χ4n) is 1.20. The van der Waals surface area contributed by atoms with Crippen LogP contribution < -0.4 is 5.32 Å². The number of benzene rings is 1. The van der Waals surface area contributed by atoms with Crippen molar-refractivity contribution in [2.24, 2.45) is 0 Å². The van der Waals surface area contributed by atoms with Crippen molar-refractivity contribution in [1.82, 2.24) is 5.32 Å². The molecule has 0 aliphatic heterocycles. The summed E-state index contributed by atoms with van der Waals surface area (Å²) in [6.07, 6.45) is 0. The molecule has 82 valence electrons. The molecule has 0 aliphatic rings. The number of thiol groups is 1. The number of ether oxygens (including phenoxy) is 1. The van der Waals surface area contributed by atoms with E-state index in [1.54, 1.807) is 0 Å². The molecule has 4 heteroatoms. The van der Waals surface area contributed by atoms with Gasteiger partial charge in [-0.3, -0.25) is 10.1 Å². The van der Waals surface area contributed by atoms with Crippen molar-refractivity contribution >= 4 is 18.6 Å². The van der Waals surface area contributed by atoms with Crippen LogP contribution in [0.5, 0.6) is 0 Å². The predicted octanol–water partition coefficient (Wildman–Crippen LogP) is 1.25. The smallest absolute Gasteiger partial charge is 0.323 e. The topological polar surface area (TPSA) is 38.3 Å². The maximum absolute atomic E-state index is 11.2. The first kappa shape index (κ1) is 12.1. The molecule has 15 heavy (non-hydrogen) atoms. The summed E-state index contributed by atoms with van der Waals surface area (Å²) in [4.78, 5) is 11.2. The zero-order valence-corrected chi connectivity index (χ0v) is 9.54. The van der Waals surface area contributed by atoms with E-state index in [2.05, 4.69) is 22.7 Å². The van der Waals surface area contributed by atoms with Crippen LogP contribution in [0.15, 0.2) is 30.3 Å². The van der Waals surface area contributed by atoms with E-state index >= 15 is 0 Å². The lowest BCUT2D eigenvalue weighted by Gasteiger charge is -2.13. The van der Waals surface area contributed by atoms with Gasteiger partial charge in [0.1, 0.15) is 6.04 Å². The summed E-state index contributed by atoms with van der Waals surface area (Å²) in [6.45, 7) is 0.640. The molecule has 1 aromatic carbocycles. The minimum Gasteiger partial charge on any atom is -0.468 e. The third-order valence-corrected chi connectivity index (χ3v) is 2.43. The molecule has 0 saturated carbocycles. The number of hydrogen-bond acceptors (Lipinski definition) is 4. The highest BCUT2D eigenvalue weighted by atomic mass is 32.1. The lowest BCUT2D eigenvalue weighted by Crippen LogP contribution is -2.38. The molecule has 3 nitrogen and oxygen atoms in total. The number of hydrogen-bond donors (Lipinski definition) is 2. The number of esters is 1. The quantitative estimate of drug-likeness (QED) is 0.585. The van der Waals surface area contributed by atoms with Gasteiger partial charge in [0.25, 0.3) is 0 Å². The average Bonchev–Trinajstić information content (AvgIpc) is 2.31. The van der Waals surface area contributed by atoms with Crippen molar-refractivity contribution in [3.63, 3.8) is 0 Å². The summed E-state index contributed by atoms with van der Waals surface area (Å²) in [5.74, 6) is 0.153. The van der Waals surface area contributed by atoms with Crippen LogP contribution in [0.1, 0.15) is 5.56 Å². The van der Waals surface area contributed by atoms with Gasteiger partial charge in [0.05, 0.1) is 7.11 Å². The third kappa shape index (κ3) is 3.93. The van der Waals surface area contributed by atoms with E-state index in [4.69, 9.17) is 0 Å². The molecular weight excluding hydrogens is 210 g/mol. The third-order valence-electron chi connectivity index (χ3n) is 2.06. The van der Waals surface area contributed by atoms with E-state index in [0.717, 1.165) is 5.56 Å². The first-order chi connectivity index (χ1) is 7.27. The standard InChI is InChI=1S/C11H15NO2S/c1-14-11(13)10(8-15)12-7-9-5-3-2-4-6-9/h2-6,10,12,15H,7-8H2,1H3/t10-/m1/s1. The highest BCUT2D eigenvalue weighted by Gasteiger charge is 2.15. The Hall–Kier alpha value is -1.00. The molecule has 0 aromatic heterocycles. The molecule has 0 amide bonds. The molecular formula is C11H15NO2S. The largest absolute Gasteiger partial charge is 0.468 e. The normalized spacial score (nSPS) is 12.1. The van der Waals surface area contributed by atoms with Gasteiger partial charge in [-0.1, -0.05) is 30.3 Å². The van der Waals surface area contributed by atoms with Gasteiger partial charge in [-0.2, -0.15) is 12.6 Å². The fraction of sp³-hybridized carbons (Fsp3) is 0.364. The van der Waals surface area contributed by atoms with E-state index in [0.29, 0.717) is 12.3 Å². The Balaban J connectivity index is 2.44. The van der Waals surface area contributed by atoms with Gasteiger partial charge < -0.3 is 4.74 Å². The van der Waals surface area contributed by atoms with Gasteiger partial charge in [-0.15, -0.1) is 0 Å². The summed E-state index contributed by atoms with van der Waals surface area (Å²) in [5, 5.41) is 3.09. The van der Waals surface area contributed by atoms with Crippen LogP contribution in [-0.4, -0.2) is 24.9 Å². The molecule has 0 fully saturated rings. The average molecular weight is 225 g/mol. The minimum atomic E-state index is -0.349. The second-order valence-corrected chi connectivity index (χ2v) is 3.49. The van der Waals surface area contributed by atoms with Gasteiger partial charge in [-0.05, 0) is 5.56 Å². The Kier molecular flexibility index (Phi) is 5.21. The Morgan fingerprint density at radius 3 is 2.67 bits per heavy atom. The molecule has 0 unspecified atom stereocenters. The zero-order chi connectivity index (χ0) is 11.1. The molecule has 0 aliphatic carbocycles. The van der Waals surface area contributed by atoms with Crippen LogP contribution in [0.25, 0.3) is 0 Å². The molecule has 0 spiro atoms. The molecule has 0 heterocycles. The van der Waals surface area contributed by atoms with Gasteiger partial charge in [0.15, 0.2) is 0 Å². The van der Waals surface area contributed by atoms with Crippen molar-refractivity contribution in [3.05, 3.63) is 35.9 Å². The molecule has 0 saturated heterocycles. The maximum atomic E-state index is 11.2. The molecule has 1 rings (SSSR count). The first-order valence-corrected chi connectivity index (χ1v) is 5.37. The monoisotopic (exact) mass is 225 g/mol. The maximum Gasteiger partial charge on any atom is 0.323 e. The van der Waals surface area contributed by atoms with Crippen molar-refractivity contribution < 1.29 is 9.53 Å². The first-order valence-electron chi connectivity index (χ1n) is 4.74. The predicted molar refractivity (Wildman–Crippen MR) is 62.9 cm³/mol. The number of nitrogens with one attached hydrogen (secondary N) is 1. The number of carbonyl (C=O) groups excluding carboxylic acids is 1. The highest BCUT2D eigenvalue weighted by molar-refractivity contribution is 7.80. The molecule has 0 radical (unpaired) electrons. The Labute approximate surface area is 95.2 Å². The van der Waals surface area contributed by atoms with Crippen LogP contribution in [0.3, 0.4) is 0 Å². The van der Waals surface area contributed by atoms with E-state index in [1.165, 1.54) is 7.11 Å². The molecule has 1 N–H and O–H groups in total. The Morgan fingerprint density at radius 1 is 1.47 bits per heavy atom. The van der Waals surface area contributed by atoms with E-state index in [-0.39, 0.29) is 12.0 Å². The Morgan fingerprint density at radius 2 is 2.13 bits per heavy atom. The lowest BCUT2D eigenvalue weighted by atomic mass is 10.2. The van der Waals surface area contributed by atoms with Gasteiger partial charge >= 0.3 is 5.97 Å². The summed E-state index contributed by atoms with van der Waals surface area (Å²) in [5.41, 5.74) is 1.13. The van der Waals surface area contributed by atoms with Crippen molar-refractivity contribution in [3.8, 4) is 0 Å². The summed E-state index contributed by atoms with van der Waals surface area (Å²) >= 11 is 4.09. The minimum absolute atomic E-state index is 0.277. The molecule has 1 atom stereocenters. The van der Waals surface area contributed by atoms with Crippen LogP contribution in [0, 0.1) is 0 Å². The fourth-order valence-corrected chi connectivity index (χ4v) is 1.48. The number of carbonyl (C=O) groups is 1. The number of rotatable bonds is 5. The summed E-state index contributed by atoms with van der Waals surface area (Å²) in [7, 11) is 1.38.